The molecule has 1 unspecified atom stereocenters. The van der Waals surface area contributed by atoms with Gasteiger partial charge < -0.3 is 25.8 Å². The molecule has 1 atom stereocenters. The van der Waals surface area contributed by atoms with Crippen LogP contribution in [0.1, 0.15) is 74.4 Å². The first kappa shape index (κ1) is 42.8. The molecule has 5 rings (SSSR count). The van der Waals surface area contributed by atoms with E-state index in [4.69, 9.17) is 16.3 Å². The number of rotatable bonds is 8. The van der Waals surface area contributed by atoms with Crippen molar-refractivity contribution in [1.82, 2.24) is 15.8 Å². The largest absolute Gasteiger partial charge is 0.508 e. The third kappa shape index (κ3) is 10.1. The smallest absolute Gasteiger partial charge is 0.417 e. The zero-order valence-corrected chi connectivity index (χ0v) is 33.1. The van der Waals surface area contributed by atoms with Gasteiger partial charge in [0.05, 0.1) is 16.0 Å². The summed E-state index contributed by atoms with van der Waals surface area (Å²) < 4.78 is 45.3. The number of amides is 5. The molecule has 0 aliphatic heterocycles. The van der Waals surface area contributed by atoms with Gasteiger partial charge >= 0.3 is 12.2 Å². The van der Waals surface area contributed by atoms with Crippen molar-refractivity contribution in [3.05, 3.63) is 130 Å². The van der Waals surface area contributed by atoms with Gasteiger partial charge in [-0.1, -0.05) is 59.2 Å². The van der Waals surface area contributed by atoms with Gasteiger partial charge in [0.1, 0.15) is 23.0 Å². The highest BCUT2D eigenvalue weighted by Crippen LogP contribution is 2.51. The Morgan fingerprint density at radius 2 is 1.34 bits per heavy atom. The molecule has 1 aliphatic rings. The van der Waals surface area contributed by atoms with Gasteiger partial charge in [-0.15, -0.1) is 0 Å². The second-order valence-electron chi connectivity index (χ2n) is 15.6. The minimum atomic E-state index is -4.69. The number of carbonyl (C=O) groups excluding carboxylic acids is 4. The summed E-state index contributed by atoms with van der Waals surface area (Å²) in [5.41, 5.74) is 3.29. The average Bonchev–Trinajstić information content (AvgIpc) is 3.14. The highest BCUT2D eigenvalue weighted by Gasteiger charge is 2.50. The van der Waals surface area contributed by atoms with Crippen LogP contribution in [0.2, 0.25) is 5.02 Å². The molecule has 5 amide bonds. The summed E-state index contributed by atoms with van der Waals surface area (Å²) in [6, 6.07) is 17.2. The molecule has 0 fully saturated rings. The Kier molecular flexibility index (Phi) is 12.3. The van der Waals surface area contributed by atoms with Gasteiger partial charge in [-0.25, -0.2) is 4.79 Å². The Labute approximate surface area is 337 Å². The van der Waals surface area contributed by atoms with Crippen LogP contribution in [0.3, 0.4) is 0 Å². The number of hydrazine groups is 1. The highest BCUT2D eigenvalue weighted by molar-refractivity contribution is 6.31. The van der Waals surface area contributed by atoms with E-state index >= 15 is 0 Å². The van der Waals surface area contributed by atoms with E-state index in [1.54, 1.807) is 24.3 Å². The van der Waals surface area contributed by atoms with Gasteiger partial charge in [-0.05, 0) is 102 Å². The third-order valence-corrected chi connectivity index (χ3v) is 9.81. The number of carbonyl (C=O) groups is 4. The monoisotopic (exact) mass is 818 g/mol. The number of aliphatic hydroxyl groups is 1. The van der Waals surface area contributed by atoms with Crippen molar-refractivity contribution in [2.45, 2.75) is 54.1 Å². The first-order chi connectivity index (χ1) is 27.1. The van der Waals surface area contributed by atoms with Gasteiger partial charge in [0, 0.05) is 34.9 Å². The molecular weight excluding hydrogens is 777 g/mol. The number of benzene rings is 3. The first-order valence-corrected chi connectivity index (χ1v) is 18.3. The number of pyridine rings is 1. The molecule has 0 saturated heterocycles. The van der Waals surface area contributed by atoms with Crippen molar-refractivity contribution < 1.29 is 42.2 Å². The van der Waals surface area contributed by atoms with Gasteiger partial charge in [0.25, 0.3) is 11.8 Å². The van der Waals surface area contributed by atoms with E-state index in [1.807, 2.05) is 41.5 Å². The number of allylic oxidation sites excluding steroid dienone is 2. The van der Waals surface area contributed by atoms with E-state index in [0.29, 0.717) is 23.5 Å². The first-order valence-electron chi connectivity index (χ1n) is 17.9. The maximum atomic E-state index is 13.9. The molecule has 12 nitrogen and oxygen atoms in total. The van der Waals surface area contributed by atoms with Gasteiger partial charge in [-0.3, -0.25) is 30.2 Å². The van der Waals surface area contributed by atoms with E-state index in [-0.39, 0.29) is 39.8 Å². The van der Waals surface area contributed by atoms with Crippen molar-refractivity contribution in [1.29, 1.82) is 0 Å². The molecule has 304 valence electrons. The lowest BCUT2D eigenvalue weighted by Crippen LogP contribution is -2.47. The third-order valence-electron chi connectivity index (χ3n) is 9.48. The Balaban J connectivity index is 1.13. The van der Waals surface area contributed by atoms with E-state index in [9.17, 15) is 37.5 Å². The molecule has 58 heavy (non-hydrogen) atoms. The predicted molar refractivity (Wildman–Crippen MR) is 215 cm³/mol. The number of aliphatic hydroxyl groups excluding tert-OH is 1. The molecule has 1 aromatic heterocycles. The summed E-state index contributed by atoms with van der Waals surface area (Å²) in [5, 5.41) is 17.9. The second-order valence-corrected chi connectivity index (χ2v) is 16.0. The van der Waals surface area contributed by atoms with Crippen molar-refractivity contribution in [3.8, 4) is 11.5 Å². The molecule has 1 heterocycles. The van der Waals surface area contributed by atoms with E-state index in [2.05, 4.69) is 31.8 Å². The summed E-state index contributed by atoms with van der Waals surface area (Å²) >= 11 is 5.63. The summed E-state index contributed by atoms with van der Waals surface area (Å²) in [5.74, 6) is -0.910. The second kappa shape index (κ2) is 16.6. The van der Waals surface area contributed by atoms with Crippen LogP contribution in [-0.2, 0) is 11.0 Å². The lowest BCUT2D eigenvalue weighted by molar-refractivity contribution is -0.137. The molecule has 1 aliphatic carbocycles. The van der Waals surface area contributed by atoms with Crippen LogP contribution in [0.5, 0.6) is 11.5 Å². The van der Waals surface area contributed by atoms with Crippen LogP contribution in [-0.4, -0.2) is 33.8 Å². The average molecular weight is 819 g/mol. The van der Waals surface area contributed by atoms with E-state index in [1.165, 1.54) is 60.8 Å². The zero-order chi connectivity index (χ0) is 42.6. The number of hydrogen-bond acceptors (Lipinski definition) is 7. The fraction of sp³-hybridized carbons (Fsp3) is 0.262. The minimum absolute atomic E-state index is 0.0796. The van der Waals surface area contributed by atoms with Gasteiger partial charge in [0.2, 0.25) is 5.91 Å². The Morgan fingerprint density at radius 3 is 1.97 bits per heavy atom. The molecule has 3 aromatic carbocycles. The number of urea groups is 1. The summed E-state index contributed by atoms with van der Waals surface area (Å²) in [4.78, 5) is 56.0. The zero-order valence-electron chi connectivity index (χ0n) is 32.4. The van der Waals surface area contributed by atoms with Crippen LogP contribution in [0, 0.1) is 16.2 Å². The van der Waals surface area contributed by atoms with Crippen molar-refractivity contribution in [2.75, 3.05) is 16.0 Å². The predicted octanol–water partition coefficient (Wildman–Crippen LogP) is 10.1. The van der Waals surface area contributed by atoms with Crippen LogP contribution >= 0.6 is 11.6 Å². The Hall–Kier alpha value is -6.35. The fourth-order valence-electron chi connectivity index (χ4n) is 6.06. The molecule has 0 radical (unpaired) electrons. The molecule has 6 N–H and O–H groups in total. The Bertz CT molecular complexity index is 2280. The van der Waals surface area contributed by atoms with E-state index < -0.39 is 45.4 Å². The molecular formula is C42H42ClF3N6O6. The molecule has 0 bridgehead atoms. The molecule has 16 heteroatoms. The fourth-order valence-corrected chi connectivity index (χ4v) is 6.29. The SMILES string of the molecule is CC(C)(C)C1=C(O)C=CC(C(=O)Nc2ccc(C(=O)NNC(=O)c3cc(Oc4ccc(NC(=O)Nc5ccc(Cl)c(C(F)(F)F)c5)cc4)ccn3)cc2)(C(C)(C)C)C1. The maximum Gasteiger partial charge on any atom is 0.417 e. The number of alkyl halides is 3. The topological polar surface area (TPSA) is 171 Å². The van der Waals surface area contributed by atoms with E-state index in [0.717, 1.165) is 17.7 Å². The normalized spacial score (nSPS) is 15.6. The van der Waals surface area contributed by atoms with Crippen molar-refractivity contribution in [3.63, 3.8) is 0 Å². The minimum Gasteiger partial charge on any atom is -0.508 e. The van der Waals surface area contributed by atoms with Crippen LogP contribution < -0.4 is 31.5 Å². The number of hydrogen-bond donors (Lipinski definition) is 6. The van der Waals surface area contributed by atoms with Crippen molar-refractivity contribution >= 4 is 52.4 Å². The number of halogens is 4. The number of anilines is 3. The standard InChI is InChI=1S/C42H42ClF3N6O6/c1-39(2,3)31-23-41(40(4,5)6,19-17-34(31)53)37(56)48-25-9-7-24(8-10-25)35(54)51-52-36(55)33-22-29(18-20-47-33)58-28-14-11-26(12-15-28)49-38(57)50-27-13-16-32(43)30(21-27)42(44,45)46/h7-22,53H,23H2,1-6H3,(H,48,56)(H,51,54)(H,52,55)(H2,49,50,57). The molecule has 0 spiro atoms. The summed E-state index contributed by atoms with van der Waals surface area (Å²) in [7, 11) is 0. The van der Waals surface area contributed by atoms with Crippen LogP contribution in [0.4, 0.5) is 35.0 Å². The van der Waals surface area contributed by atoms with Crippen molar-refractivity contribution in [2.24, 2.45) is 16.2 Å². The quantitative estimate of drug-likeness (QED) is 0.0961. The summed E-state index contributed by atoms with van der Waals surface area (Å²) in [6.45, 7) is 11.9. The van der Waals surface area contributed by atoms with Gasteiger partial charge in [0.15, 0.2) is 0 Å². The lowest BCUT2D eigenvalue weighted by Gasteiger charge is -2.45. The molecule has 0 saturated carbocycles. The highest BCUT2D eigenvalue weighted by atomic mass is 35.5. The summed E-state index contributed by atoms with van der Waals surface area (Å²) in [6.07, 6.45) is 0.319. The number of ether oxygens (including phenoxy) is 1. The Morgan fingerprint density at radius 1 is 0.759 bits per heavy atom. The van der Waals surface area contributed by atoms with Crippen LogP contribution in [0.25, 0.3) is 0 Å². The van der Waals surface area contributed by atoms with Crippen LogP contribution in [0.15, 0.2) is 109 Å². The maximum absolute atomic E-state index is 13.9. The number of nitrogens with one attached hydrogen (secondary N) is 5. The lowest BCUT2D eigenvalue weighted by atomic mass is 9.59. The van der Waals surface area contributed by atoms with Gasteiger partial charge in [-0.2, -0.15) is 13.2 Å². The number of aromatic nitrogens is 1. The molecule has 4 aromatic rings. The number of nitrogens with zero attached hydrogens (tertiary/aromatic N) is 1.